The summed E-state index contributed by atoms with van der Waals surface area (Å²) < 4.78 is 19.6. The molecule has 0 saturated heterocycles. The Morgan fingerprint density at radius 2 is 1.91 bits per heavy atom. The molecule has 0 aliphatic carbocycles. The van der Waals surface area contributed by atoms with Crippen molar-refractivity contribution in [3.63, 3.8) is 0 Å². The van der Waals surface area contributed by atoms with E-state index >= 15 is 0 Å². The fraction of sp³-hybridized carbons (Fsp3) is 0.118. The van der Waals surface area contributed by atoms with E-state index in [1.165, 1.54) is 19.2 Å². The van der Waals surface area contributed by atoms with Gasteiger partial charge in [-0.1, -0.05) is 0 Å². The molecule has 0 aliphatic rings. The number of hydrogen-bond donors (Lipinski definition) is 0. The first-order valence-corrected chi connectivity index (χ1v) is 6.95. The first-order chi connectivity index (χ1) is 11.1. The Balaban J connectivity index is 2.05. The molecule has 5 nitrogen and oxygen atoms in total. The van der Waals surface area contributed by atoms with Gasteiger partial charge >= 0.3 is 5.97 Å². The second-order valence-corrected chi connectivity index (χ2v) is 5.02. The van der Waals surface area contributed by atoms with Crippen LogP contribution in [-0.4, -0.2) is 27.8 Å². The van der Waals surface area contributed by atoms with E-state index in [0.717, 1.165) is 16.8 Å². The minimum Gasteiger partial charge on any atom is -0.465 e. The van der Waals surface area contributed by atoms with Crippen LogP contribution >= 0.6 is 0 Å². The molecule has 0 amide bonds. The number of methoxy groups -OCH3 is 1. The molecule has 3 aromatic rings. The van der Waals surface area contributed by atoms with Gasteiger partial charge in [0, 0.05) is 5.56 Å². The maximum absolute atomic E-state index is 13.1. The normalized spacial score (nSPS) is 10.6. The Labute approximate surface area is 132 Å². The molecule has 0 saturated carbocycles. The van der Waals surface area contributed by atoms with Crippen molar-refractivity contribution < 1.29 is 13.9 Å². The Hall–Kier alpha value is -3.02. The molecule has 1 heterocycles. The number of ether oxygens (including phenoxy) is 1. The zero-order valence-electron chi connectivity index (χ0n) is 12.7. The van der Waals surface area contributed by atoms with Gasteiger partial charge in [-0.15, -0.1) is 10.2 Å². The largest absolute Gasteiger partial charge is 0.465 e. The lowest BCUT2D eigenvalue weighted by Crippen LogP contribution is -2.04. The monoisotopic (exact) mass is 311 g/mol. The highest BCUT2D eigenvalue weighted by Crippen LogP contribution is 2.23. The van der Waals surface area contributed by atoms with Crippen molar-refractivity contribution in [2.24, 2.45) is 0 Å². The minimum absolute atomic E-state index is 0.307. The number of halogens is 1. The second-order valence-electron chi connectivity index (χ2n) is 5.02. The van der Waals surface area contributed by atoms with Crippen LogP contribution in [0.15, 0.2) is 48.8 Å². The third-order valence-electron chi connectivity index (χ3n) is 3.53. The van der Waals surface area contributed by atoms with Gasteiger partial charge in [-0.05, 0) is 55.0 Å². The van der Waals surface area contributed by atoms with Gasteiger partial charge in [0.05, 0.1) is 18.4 Å². The fourth-order valence-corrected chi connectivity index (χ4v) is 2.38. The topological polar surface area (TPSA) is 57.0 Å². The highest BCUT2D eigenvalue weighted by Gasteiger charge is 2.13. The van der Waals surface area contributed by atoms with Crippen molar-refractivity contribution in [3.05, 3.63) is 65.7 Å². The van der Waals surface area contributed by atoms with Crippen molar-refractivity contribution in [1.82, 2.24) is 14.8 Å². The highest BCUT2D eigenvalue weighted by atomic mass is 19.1. The van der Waals surface area contributed by atoms with Crippen LogP contribution in [0.2, 0.25) is 0 Å². The fourth-order valence-electron chi connectivity index (χ4n) is 2.38. The van der Waals surface area contributed by atoms with Crippen molar-refractivity contribution in [3.8, 4) is 17.1 Å². The van der Waals surface area contributed by atoms with Gasteiger partial charge < -0.3 is 4.74 Å². The molecule has 0 atom stereocenters. The highest BCUT2D eigenvalue weighted by molar-refractivity contribution is 5.89. The molecule has 0 unspecified atom stereocenters. The van der Waals surface area contributed by atoms with E-state index in [9.17, 15) is 9.18 Å². The van der Waals surface area contributed by atoms with E-state index in [0.29, 0.717) is 11.4 Å². The lowest BCUT2D eigenvalue weighted by molar-refractivity contribution is 0.0600. The van der Waals surface area contributed by atoms with E-state index < -0.39 is 0 Å². The maximum atomic E-state index is 13.1. The quantitative estimate of drug-likeness (QED) is 0.697. The number of nitrogens with zero attached hydrogens (tertiary/aromatic N) is 3. The Morgan fingerprint density at radius 1 is 1.17 bits per heavy atom. The molecule has 1 aromatic heterocycles. The van der Waals surface area contributed by atoms with E-state index in [1.54, 1.807) is 41.2 Å². The van der Waals surface area contributed by atoms with E-state index in [2.05, 4.69) is 10.2 Å². The lowest BCUT2D eigenvalue weighted by Gasteiger charge is -2.11. The third-order valence-corrected chi connectivity index (χ3v) is 3.53. The number of rotatable bonds is 3. The number of carbonyl (C=O) groups excluding carboxylic acids is 1. The first kappa shape index (κ1) is 14.9. The summed E-state index contributed by atoms with van der Waals surface area (Å²) >= 11 is 0. The van der Waals surface area contributed by atoms with Crippen LogP contribution in [0.5, 0.6) is 0 Å². The Morgan fingerprint density at radius 3 is 2.57 bits per heavy atom. The van der Waals surface area contributed by atoms with Gasteiger partial charge in [0.25, 0.3) is 0 Å². The molecule has 23 heavy (non-hydrogen) atoms. The predicted octanol–water partition coefficient (Wildman–Crippen LogP) is 3.17. The number of esters is 1. The van der Waals surface area contributed by atoms with E-state index in [-0.39, 0.29) is 11.8 Å². The molecule has 0 radical (unpaired) electrons. The Kier molecular flexibility index (Phi) is 3.89. The minimum atomic E-state index is -0.387. The molecule has 0 fully saturated rings. The standard InChI is InChI=1S/C17H14FN3O2/c1-11-9-13(17(22)23-2)5-8-15(11)21-10-19-20-16(21)12-3-6-14(18)7-4-12/h3-10H,1-2H3. The van der Waals surface area contributed by atoms with Crippen molar-refractivity contribution in [1.29, 1.82) is 0 Å². The number of carbonyl (C=O) groups is 1. The van der Waals surface area contributed by atoms with Gasteiger partial charge in [-0.3, -0.25) is 4.57 Å². The molecular formula is C17H14FN3O2. The molecule has 116 valence electrons. The lowest BCUT2D eigenvalue weighted by atomic mass is 10.1. The molecule has 6 heteroatoms. The summed E-state index contributed by atoms with van der Waals surface area (Å²) in [5, 5.41) is 8.05. The van der Waals surface area contributed by atoms with Crippen molar-refractivity contribution in [2.75, 3.05) is 7.11 Å². The summed E-state index contributed by atoms with van der Waals surface area (Å²) in [6, 6.07) is 11.3. The SMILES string of the molecule is COC(=O)c1ccc(-n2cnnc2-c2ccc(F)cc2)c(C)c1. The average Bonchev–Trinajstić information content (AvgIpc) is 3.04. The number of aromatic nitrogens is 3. The van der Waals surface area contributed by atoms with Crippen LogP contribution in [0.4, 0.5) is 4.39 Å². The summed E-state index contributed by atoms with van der Waals surface area (Å²) in [5.41, 5.74) is 2.93. The number of aryl methyl sites for hydroxylation is 1. The average molecular weight is 311 g/mol. The van der Waals surface area contributed by atoms with E-state index in [4.69, 9.17) is 4.74 Å². The van der Waals surface area contributed by atoms with Gasteiger partial charge in [-0.25, -0.2) is 9.18 Å². The molecule has 2 aromatic carbocycles. The summed E-state index contributed by atoms with van der Waals surface area (Å²) in [6.07, 6.45) is 1.58. The van der Waals surface area contributed by atoms with Crippen LogP contribution in [0.3, 0.4) is 0 Å². The maximum Gasteiger partial charge on any atom is 0.337 e. The zero-order chi connectivity index (χ0) is 16.4. The molecule has 3 rings (SSSR count). The number of hydrogen-bond acceptors (Lipinski definition) is 4. The predicted molar refractivity (Wildman–Crippen MR) is 82.8 cm³/mol. The van der Waals surface area contributed by atoms with Gasteiger partial charge in [0.1, 0.15) is 12.1 Å². The van der Waals surface area contributed by atoms with Crippen LogP contribution in [0, 0.1) is 12.7 Å². The molecule has 0 aliphatic heterocycles. The smallest absolute Gasteiger partial charge is 0.337 e. The molecule has 0 N–H and O–H groups in total. The second kappa shape index (κ2) is 6.00. The molecule has 0 bridgehead atoms. The summed E-state index contributed by atoms with van der Waals surface area (Å²) in [5.74, 6) is -0.0977. The van der Waals surface area contributed by atoms with Crippen LogP contribution in [-0.2, 0) is 4.74 Å². The molecular weight excluding hydrogens is 297 g/mol. The van der Waals surface area contributed by atoms with Gasteiger partial charge in [0.15, 0.2) is 5.82 Å². The zero-order valence-corrected chi connectivity index (χ0v) is 12.7. The van der Waals surface area contributed by atoms with Crippen molar-refractivity contribution in [2.45, 2.75) is 6.92 Å². The van der Waals surface area contributed by atoms with Gasteiger partial charge in [0.2, 0.25) is 0 Å². The third kappa shape index (κ3) is 2.83. The molecule has 0 spiro atoms. The van der Waals surface area contributed by atoms with Crippen molar-refractivity contribution >= 4 is 5.97 Å². The van der Waals surface area contributed by atoms with Crippen LogP contribution in [0.1, 0.15) is 15.9 Å². The van der Waals surface area contributed by atoms with E-state index in [1.807, 2.05) is 6.92 Å². The summed E-state index contributed by atoms with van der Waals surface area (Å²) in [6.45, 7) is 1.89. The van der Waals surface area contributed by atoms with Crippen LogP contribution < -0.4 is 0 Å². The summed E-state index contributed by atoms with van der Waals surface area (Å²) in [7, 11) is 1.35. The van der Waals surface area contributed by atoms with Gasteiger partial charge in [-0.2, -0.15) is 0 Å². The number of benzene rings is 2. The Bertz CT molecular complexity index is 857. The summed E-state index contributed by atoms with van der Waals surface area (Å²) in [4.78, 5) is 11.6. The first-order valence-electron chi connectivity index (χ1n) is 6.95. The van der Waals surface area contributed by atoms with Crippen LogP contribution in [0.25, 0.3) is 17.1 Å².